The highest BCUT2D eigenvalue weighted by Gasteiger charge is 2.26. The summed E-state index contributed by atoms with van der Waals surface area (Å²) in [7, 11) is -4.07. The van der Waals surface area contributed by atoms with Gasteiger partial charge in [-0.1, -0.05) is 12.1 Å². The topological polar surface area (TPSA) is 87.3 Å². The fraction of sp³-hybridized carbons (Fsp3) is 0.462. The average Bonchev–Trinajstić information content (AvgIpc) is 2.91. The van der Waals surface area contributed by atoms with Crippen LogP contribution in [-0.2, 0) is 14.8 Å². The maximum atomic E-state index is 13.5. The molecule has 0 aliphatic carbocycles. The van der Waals surface area contributed by atoms with Gasteiger partial charge in [0.15, 0.2) is 0 Å². The van der Waals surface area contributed by atoms with Gasteiger partial charge in [-0.3, -0.25) is 4.79 Å². The Hall–Kier alpha value is -1.51. The molecule has 1 aliphatic rings. The number of carbonyl (C=O) groups is 1. The summed E-state index contributed by atoms with van der Waals surface area (Å²) >= 11 is 0. The summed E-state index contributed by atoms with van der Waals surface area (Å²) in [4.78, 5) is 11.5. The van der Waals surface area contributed by atoms with Gasteiger partial charge in [-0.15, -0.1) is 0 Å². The maximum absolute atomic E-state index is 13.5. The lowest BCUT2D eigenvalue weighted by Gasteiger charge is -2.17. The Morgan fingerprint density at radius 3 is 2.76 bits per heavy atom. The van der Waals surface area contributed by atoms with E-state index in [2.05, 4.69) is 15.4 Å². The second-order valence-corrected chi connectivity index (χ2v) is 6.65. The van der Waals surface area contributed by atoms with E-state index < -0.39 is 32.7 Å². The van der Waals surface area contributed by atoms with Crippen LogP contribution in [0.5, 0.6) is 0 Å². The molecular formula is C13H18FN3O3S. The molecule has 0 spiro atoms. The van der Waals surface area contributed by atoms with Gasteiger partial charge in [0.2, 0.25) is 15.9 Å². The van der Waals surface area contributed by atoms with Crippen LogP contribution in [0.4, 0.5) is 4.39 Å². The van der Waals surface area contributed by atoms with E-state index in [1.807, 2.05) is 0 Å². The van der Waals surface area contributed by atoms with Crippen molar-refractivity contribution in [3.8, 4) is 0 Å². The van der Waals surface area contributed by atoms with Gasteiger partial charge < -0.3 is 10.6 Å². The Morgan fingerprint density at radius 2 is 2.14 bits per heavy atom. The number of benzene rings is 1. The number of rotatable bonds is 5. The summed E-state index contributed by atoms with van der Waals surface area (Å²) < 4.78 is 39.8. The van der Waals surface area contributed by atoms with Gasteiger partial charge in [0.1, 0.15) is 10.7 Å². The second kappa shape index (κ2) is 6.50. The first-order valence-corrected chi connectivity index (χ1v) is 8.16. The molecule has 0 saturated carbocycles. The summed E-state index contributed by atoms with van der Waals surface area (Å²) in [6.07, 6.45) is 0.804. The molecule has 1 saturated heterocycles. The van der Waals surface area contributed by atoms with E-state index >= 15 is 0 Å². The van der Waals surface area contributed by atoms with Crippen molar-refractivity contribution in [1.82, 2.24) is 15.4 Å². The van der Waals surface area contributed by atoms with Crippen LogP contribution >= 0.6 is 0 Å². The molecule has 2 rings (SSSR count). The summed E-state index contributed by atoms with van der Waals surface area (Å²) in [5.41, 5.74) is 0. The molecule has 3 N–H and O–H groups in total. The molecule has 6 nitrogen and oxygen atoms in total. The van der Waals surface area contributed by atoms with E-state index in [0.717, 1.165) is 25.1 Å². The average molecular weight is 315 g/mol. The summed E-state index contributed by atoms with van der Waals surface area (Å²) in [5.74, 6) is -1.28. The zero-order valence-corrected chi connectivity index (χ0v) is 12.4. The van der Waals surface area contributed by atoms with E-state index in [1.165, 1.54) is 19.1 Å². The van der Waals surface area contributed by atoms with E-state index in [9.17, 15) is 17.6 Å². The van der Waals surface area contributed by atoms with Crippen LogP contribution < -0.4 is 15.4 Å². The monoisotopic (exact) mass is 315 g/mol. The number of amides is 1. The minimum atomic E-state index is -4.07. The van der Waals surface area contributed by atoms with Crippen molar-refractivity contribution in [1.29, 1.82) is 0 Å². The van der Waals surface area contributed by atoms with Gasteiger partial charge in [-0.25, -0.2) is 12.8 Å². The zero-order chi connectivity index (χ0) is 15.5. The highest BCUT2D eigenvalue weighted by molar-refractivity contribution is 7.89. The van der Waals surface area contributed by atoms with Crippen molar-refractivity contribution >= 4 is 15.9 Å². The predicted molar refractivity (Wildman–Crippen MR) is 75.6 cm³/mol. The van der Waals surface area contributed by atoms with Crippen LogP contribution in [0.25, 0.3) is 0 Å². The first-order chi connectivity index (χ1) is 9.90. The fourth-order valence-electron chi connectivity index (χ4n) is 2.12. The highest BCUT2D eigenvalue weighted by atomic mass is 32.2. The molecule has 0 aromatic heterocycles. The Kier molecular flexibility index (Phi) is 4.92. The van der Waals surface area contributed by atoms with Gasteiger partial charge >= 0.3 is 0 Å². The maximum Gasteiger partial charge on any atom is 0.244 e. The van der Waals surface area contributed by atoms with Crippen LogP contribution in [0.15, 0.2) is 29.2 Å². The molecule has 1 aromatic rings. The third kappa shape index (κ3) is 3.99. The lowest BCUT2D eigenvalue weighted by atomic mass is 10.2. The quantitative estimate of drug-likeness (QED) is 0.712. The van der Waals surface area contributed by atoms with Crippen molar-refractivity contribution in [3.05, 3.63) is 30.1 Å². The number of halogens is 1. The third-order valence-electron chi connectivity index (χ3n) is 3.26. The smallest absolute Gasteiger partial charge is 0.244 e. The molecule has 0 bridgehead atoms. The summed E-state index contributed by atoms with van der Waals surface area (Å²) in [6.45, 7) is 2.91. The number of sulfonamides is 1. The second-order valence-electron chi connectivity index (χ2n) is 4.97. The largest absolute Gasteiger partial charge is 0.351 e. The number of hydrogen-bond acceptors (Lipinski definition) is 4. The van der Waals surface area contributed by atoms with Crippen LogP contribution in [0, 0.1) is 5.82 Å². The van der Waals surface area contributed by atoms with Crippen molar-refractivity contribution in [2.45, 2.75) is 30.3 Å². The molecule has 1 aromatic carbocycles. The van der Waals surface area contributed by atoms with Crippen LogP contribution in [0.1, 0.15) is 13.3 Å². The van der Waals surface area contributed by atoms with Crippen LogP contribution in [-0.4, -0.2) is 39.5 Å². The Labute approximate surface area is 123 Å². The minimum absolute atomic E-state index is 0.00193. The third-order valence-corrected chi connectivity index (χ3v) is 4.83. The molecule has 1 heterocycles. The Morgan fingerprint density at radius 1 is 1.43 bits per heavy atom. The van der Waals surface area contributed by atoms with Gasteiger partial charge in [-0.2, -0.15) is 4.72 Å². The molecule has 8 heteroatoms. The molecule has 2 atom stereocenters. The van der Waals surface area contributed by atoms with E-state index in [1.54, 1.807) is 0 Å². The normalized spacial score (nSPS) is 20.2. The minimum Gasteiger partial charge on any atom is -0.351 e. The lowest BCUT2D eigenvalue weighted by molar-refractivity contribution is -0.122. The van der Waals surface area contributed by atoms with Crippen molar-refractivity contribution < 1.29 is 17.6 Å². The Bertz CT molecular complexity index is 615. The van der Waals surface area contributed by atoms with Crippen molar-refractivity contribution in [3.63, 3.8) is 0 Å². The summed E-state index contributed by atoms with van der Waals surface area (Å²) in [6, 6.07) is 4.06. The molecule has 1 aliphatic heterocycles. The highest BCUT2D eigenvalue weighted by Crippen LogP contribution is 2.13. The van der Waals surface area contributed by atoms with Crippen molar-refractivity contribution in [2.75, 3.05) is 13.1 Å². The first kappa shape index (κ1) is 15.9. The summed E-state index contributed by atoms with van der Waals surface area (Å²) in [5, 5.41) is 5.84. The fourth-order valence-corrected chi connectivity index (χ4v) is 3.40. The molecule has 116 valence electrons. The first-order valence-electron chi connectivity index (χ1n) is 6.68. The van der Waals surface area contributed by atoms with Gasteiger partial charge in [0.05, 0.1) is 6.04 Å². The van der Waals surface area contributed by atoms with Crippen LogP contribution in [0.2, 0.25) is 0 Å². The predicted octanol–water partition coefficient (Wildman–Crippen LogP) is -0.0294. The molecular weight excluding hydrogens is 297 g/mol. The van der Waals surface area contributed by atoms with Gasteiger partial charge in [0, 0.05) is 12.6 Å². The molecule has 2 unspecified atom stereocenters. The van der Waals surface area contributed by atoms with E-state index in [-0.39, 0.29) is 6.04 Å². The van der Waals surface area contributed by atoms with E-state index in [4.69, 9.17) is 0 Å². The molecule has 1 fully saturated rings. The number of carbonyl (C=O) groups excluding carboxylic acids is 1. The van der Waals surface area contributed by atoms with Crippen LogP contribution in [0.3, 0.4) is 0 Å². The van der Waals surface area contributed by atoms with Crippen molar-refractivity contribution in [2.24, 2.45) is 0 Å². The number of hydrogen-bond donors (Lipinski definition) is 3. The Balaban J connectivity index is 2.02. The lowest BCUT2D eigenvalue weighted by Crippen LogP contribution is -2.48. The zero-order valence-electron chi connectivity index (χ0n) is 11.6. The van der Waals surface area contributed by atoms with Gasteiger partial charge in [-0.05, 0) is 32.0 Å². The number of nitrogens with one attached hydrogen (secondary N) is 3. The van der Waals surface area contributed by atoms with E-state index in [0.29, 0.717) is 6.54 Å². The standard InChI is InChI=1S/C13H18FN3O3S/c1-9(13(18)16-10-6-7-15-8-10)17-21(19,20)12-5-3-2-4-11(12)14/h2-5,9-10,15,17H,6-8H2,1H3,(H,16,18). The molecule has 0 radical (unpaired) electrons. The SMILES string of the molecule is CC(NS(=O)(=O)c1ccccc1F)C(=O)NC1CCNC1. The van der Waals surface area contributed by atoms with Gasteiger partial charge in [0.25, 0.3) is 0 Å². The molecule has 21 heavy (non-hydrogen) atoms. The molecule has 1 amide bonds.